The number of carbonyl (C=O) groups excluding carboxylic acids is 1. The molecule has 4 rings (SSSR count). The molecule has 2 aliphatic rings. The third kappa shape index (κ3) is 2.97. The number of aromatic nitrogens is 2. The Labute approximate surface area is 164 Å². The van der Waals surface area contributed by atoms with Crippen LogP contribution in [-0.4, -0.2) is 20.7 Å². The molecular formula is C19H17N3O5S. The van der Waals surface area contributed by atoms with E-state index in [1.807, 2.05) is 13.8 Å². The lowest BCUT2D eigenvalue weighted by molar-refractivity contribution is -0.384. The molecule has 144 valence electrons. The van der Waals surface area contributed by atoms with Crippen LogP contribution in [0.5, 0.6) is 5.88 Å². The minimum Gasteiger partial charge on any atom is -0.444 e. The molecule has 1 atom stereocenters. The van der Waals surface area contributed by atoms with E-state index < -0.39 is 16.4 Å². The van der Waals surface area contributed by atoms with Crippen LogP contribution in [0.1, 0.15) is 43.7 Å². The van der Waals surface area contributed by atoms with Crippen molar-refractivity contribution in [2.45, 2.75) is 32.6 Å². The van der Waals surface area contributed by atoms with E-state index in [1.54, 1.807) is 12.1 Å². The van der Waals surface area contributed by atoms with Gasteiger partial charge in [0.1, 0.15) is 5.76 Å². The Hall–Kier alpha value is -3.07. The topological polar surface area (TPSA) is 118 Å². The number of nitro groups is 1. The number of hydrogen-bond acceptors (Lipinski definition) is 6. The van der Waals surface area contributed by atoms with Gasteiger partial charge in [-0.05, 0) is 23.2 Å². The molecule has 8 nitrogen and oxygen atoms in total. The predicted octanol–water partition coefficient (Wildman–Crippen LogP) is 3.51. The lowest BCUT2D eigenvalue weighted by atomic mass is 9.70. The summed E-state index contributed by atoms with van der Waals surface area (Å²) in [5.74, 6) is -0.0597. The number of ether oxygens (including phenoxy) is 1. The summed E-state index contributed by atoms with van der Waals surface area (Å²) >= 11 is 5.05. The second-order valence-electron chi connectivity index (χ2n) is 7.81. The van der Waals surface area contributed by atoms with Gasteiger partial charge in [0.25, 0.3) is 11.2 Å². The van der Waals surface area contributed by atoms with Crippen molar-refractivity contribution in [2.75, 3.05) is 0 Å². The number of ketones is 1. The van der Waals surface area contributed by atoms with Crippen LogP contribution in [0, 0.1) is 20.3 Å². The van der Waals surface area contributed by atoms with E-state index in [4.69, 9.17) is 17.0 Å². The van der Waals surface area contributed by atoms with Gasteiger partial charge in [-0.3, -0.25) is 24.7 Å². The number of rotatable bonds is 2. The van der Waals surface area contributed by atoms with Crippen LogP contribution in [0.25, 0.3) is 0 Å². The average Bonchev–Trinajstić information content (AvgIpc) is 2.58. The molecule has 1 aliphatic carbocycles. The fourth-order valence-electron chi connectivity index (χ4n) is 3.90. The van der Waals surface area contributed by atoms with Gasteiger partial charge in [0.2, 0.25) is 5.88 Å². The zero-order valence-corrected chi connectivity index (χ0v) is 16.0. The molecule has 0 saturated heterocycles. The maximum atomic E-state index is 13.0. The molecule has 0 bridgehead atoms. The summed E-state index contributed by atoms with van der Waals surface area (Å²) in [7, 11) is 0. The average molecular weight is 399 g/mol. The van der Waals surface area contributed by atoms with E-state index in [-0.39, 0.29) is 33.1 Å². The van der Waals surface area contributed by atoms with Gasteiger partial charge in [-0.15, -0.1) is 0 Å². The highest BCUT2D eigenvalue weighted by atomic mass is 32.1. The second-order valence-corrected chi connectivity index (χ2v) is 8.22. The van der Waals surface area contributed by atoms with Gasteiger partial charge in [-0.2, -0.15) is 0 Å². The molecule has 1 aromatic heterocycles. The van der Waals surface area contributed by atoms with Crippen molar-refractivity contribution >= 4 is 23.7 Å². The van der Waals surface area contributed by atoms with Crippen LogP contribution in [0.2, 0.25) is 0 Å². The first-order chi connectivity index (χ1) is 13.2. The molecule has 2 N–H and O–H groups in total. The molecule has 0 saturated carbocycles. The Kier molecular flexibility index (Phi) is 4.07. The number of non-ortho nitro benzene ring substituents is 1. The highest BCUT2D eigenvalue weighted by Gasteiger charge is 2.43. The van der Waals surface area contributed by atoms with Gasteiger partial charge in [0, 0.05) is 30.5 Å². The summed E-state index contributed by atoms with van der Waals surface area (Å²) < 4.78 is 6.05. The van der Waals surface area contributed by atoms with E-state index in [1.165, 1.54) is 12.1 Å². The number of nitrogens with one attached hydrogen (secondary N) is 2. The Morgan fingerprint density at radius 2 is 1.86 bits per heavy atom. The SMILES string of the molecule is CC1(C)CC(=O)C2=C(C1)Oc1[nH]c(=S)[nH]c(=O)c1C2c1ccc([N+](=O)[O-])cc1. The summed E-state index contributed by atoms with van der Waals surface area (Å²) in [4.78, 5) is 41.6. The van der Waals surface area contributed by atoms with Crippen LogP contribution in [0.3, 0.4) is 0 Å². The van der Waals surface area contributed by atoms with E-state index in [9.17, 15) is 19.7 Å². The predicted molar refractivity (Wildman–Crippen MR) is 103 cm³/mol. The molecule has 1 aromatic carbocycles. The van der Waals surface area contributed by atoms with Gasteiger partial charge in [-0.1, -0.05) is 26.0 Å². The van der Waals surface area contributed by atoms with E-state index >= 15 is 0 Å². The number of nitrogens with zero attached hydrogens (tertiary/aromatic N) is 1. The molecule has 2 heterocycles. The zero-order valence-electron chi connectivity index (χ0n) is 15.2. The molecule has 1 aliphatic heterocycles. The monoisotopic (exact) mass is 399 g/mol. The van der Waals surface area contributed by atoms with Gasteiger partial charge in [-0.25, -0.2) is 0 Å². The first kappa shape index (κ1) is 18.3. The van der Waals surface area contributed by atoms with Gasteiger partial charge >= 0.3 is 0 Å². The molecule has 9 heteroatoms. The van der Waals surface area contributed by atoms with Crippen molar-refractivity contribution in [1.29, 1.82) is 0 Å². The molecule has 0 fully saturated rings. The molecule has 0 spiro atoms. The van der Waals surface area contributed by atoms with Crippen LogP contribution < -0.4 is 10.3 Å². The lowest BCUT2D eigenvalue weighted by Gasteiger charge is -2.37. The fraction of sp³-hybridized carbons (Fsp3) is 0.316. The van der Waals surface area contributed by atoms with Crippen LogP contribution in [-0.2, 0) is 4.79 Å². The van der Waals surface area contributed by atoms with E-state index in [0.717, 1.165) is 0 Å². The number of allylic oxidation sites excluding steroid dienone is 2. The maximum Gasteiger partial charge on any atom is 0.269 e. The number of nitro benzene ring substituents is 1. The lowest BCUT2D eigenvalue weighted by Crippen LogP contribution is -2.35. The highest BCUT2D eigenvalue weighted by Crippen LogP contribution is 2.48. The Morgan fingerprint density at radius 3 is 2.50 bits per heavy atom. The number of fused-ring (bicyclic) bond motifs is 1. The smallest absolute Gasteiger partial charge is 0.269 e. The standard InChI is InChI=1S/C19H17N3O5S/c1-19(2)7-11(23)14-12(8-19)27-17-15(16(24)20-18(28)21-17)13(14)9-3-5-10(6-4-9)22(25)26/h3-6,13H,7-8H2,1-2H3,(H2,20,21,24,28). The van der Waals surface area contributed by atoms with Crippen molar-refractivity contribution in [3.63, 3.8) is 0 Å². The van der Waals surface area contributed by atoms with Gasteiger partial charge in [0.15, 0.2) is 10.6 Å². The molecular weight excluding hydrogens is 382 g/mol. The van der Waals surface area contributed by atoms with Crippen LogP contribution in [0.4, 0.5) is 5.69 Å². The maximum absolute atomic E-state index is 13.0. The first-order valence-electron chi connectivity index (χ1n) is 8.71. The molecule has 0 radical (unpaired) electrons. The number of aromatic amines is 2. The number of Topliss-reactive ketones (excluding diaryl/α,β-unsaturated/α-hetero) is 1. The van der Waals surface area contributed by atoms with Crippen LogP contribution >= 0.6 is 12.2 Å². The Bertz CT molecular complexity index is 1160. The Morgan fingerprint density at radius 1 is 1.18 bits per heavy atom. The second kappa shape index (κ2) is 6.23. The number of carbonyl (C=O) groups is 1. The van der Waals surface area contributed by atoms with Crippen molar-refractivity contribution in [1.82, 2.24) is 9.97 Å². The van der Waals surface area contributed by atoms with Gasteiger partial charge < -0.3 is 9.72 Å². The van der Waals surface area contributed by atoms with Crippen molar-refractivity contribution in [2.24, 2.45) is 5.41 Å². The molecule has 1 unspecified atom stereocenters. The molecule has 2 aromatic rings. The first-order valence-corrected chi connectivity index (χ1v) is 9.12. The fourth-order valence-corrected chi connectivity index (χ4v) is 4.08. The summed E-state index contributed by atoms with van der Waals surface area (Å²) in [5, 5.41) is 11.0. The van der Waals surface area contributed by atoms with Crippen molar-refractivity contribution in [3.05, 3.63) is 72.0 Å². The Balaban J connectivity index is 1.96. The van der Waals surface area contributed by atoms with Crippen LogP contribution in [0.15, 0.2) is 40.4 Å². The number of benzene rings is 1. The summed E-state index contributed by atoms with van der Waals surface area (Å²) in [6.45, 7) is 3.96. The summed E-state index contributed by atoms with van der Waals surface area (Å²) in [6, 6.07) is 5.86. The largest absolute Gasteiger partial charge is 0.444 e. The quantitative estimate of drug-likeness (QED) is 0.453. The van der Waals surface area contributed by atoms with E-state index in [0.29, 0.717) is 29.7 Å². The number of hydrogen-bond donors (Lipinski definition) is 2. The highest BCUT2D eigenvalue weighted by molar-refractivity contribution is 7.71. The van der Waals surface area contributed by atoms with Crippen molar-refractivity contribution < 1.29 is 14.5 Å². The zero-order chi connectivity index (χ0) is 20.2. The summed E-state index contributed by atoms with van der Waals surface area (Å²) in [5.41, 5.74) is 0.484. The summed E-state index contributed by atoms with van der Waals surface area (Å²) in [6.07, 6.45) is 0.860. The van der Waals surface area contributed by atoms with Gasteiger partial charge in [0.05, 0.1) is 16.4 Å². The normalized spacial score (nSPS) is 20.2. The minimum absolute atomic E-state index is 0.0669. The minimum atomic E-state index is -0.682. The van der Waals surface area contributed by atoms with Crippen molar-refractivity contribution in [3.8, 4) is 5.88 Å². The molecule has 28 heavy (non-hydrogen) atoms. The molecule has 0 amide bonds. The van der Waals surface area contributed by atoms with E-state index in [2.05, 4.69) is 9.97 Å². The number of H-pyrrole nitrogens is 2. The third-order valence-corrected chi connectivity index (χ3v) is 5.27. The third-order valence-electron chi connectivity index (χ3n) is 5.06.